The zero-order chi connectivity index (χ0) is 14.0. The van der Waals surface area contributed by atoms with Crippen molar-refractivity contribution in [2.75, 3.05) is 7.05 Å². The molecule has 2 nitrogen and oxygen atoms in total. The Kier molecular flexibility index (Phi) is 4.61. The quantitative estimate of drug-likeness (QED) is 0.754. The number of carbonyl (C=O) groups is 1. The van der Waals surface area contributed by atoms with E-state index in [4.69, 9.17) is 0 Å². The SMILES string of the molecule is Cc1ccc(C(=O)N(C)C2CCCCC2Br)c(F)c1. The first-order valence-electron chi connectivity index (χ1n) is 6.68. The Morgan fingerprint density at radius 2 is 2.05 bits per heavy atom. The molecule has 4 heteroatoms. The van der Waals surface area contributed by atoms with Gasteiger partial charge in [0.1, 0.15) is 5.82 Å². The summed E-state index contributed by atoms with van der Waals surface area (Å²) < 4.78 is 13.9. The molecule has 1 aromatic rings. The molecule has 0 spiro atoms. The number of aryl methyl sites for hydroxylation is 1. The van der Waals surface area contributed by atoms with Crippen molar-refractivity contribution in [3.8, 4) is 0 Å². The highest BCUT2D eigenvalue weighted by molar-refractivity contribution is 9.09. The Labute approximate surface area is 122 Å². The molecular formula is C15H19BrFNO. The molecule has 0 aliphatic heterocycles. The summed E-state index contributed by atoms with van der Waals surface area (Å²) in [6, 6.07) is 4.92. The van der Waals surface area contributed by atoms with Gasteiger partial charge in [-0.25, -0.2) is 4.39 Å². The molecule has 2 unspecified atom stereocenters. The second-order valence-electron chi connectivity index (χ2n) is 5.27. The van der Waals surface area contributed by atoms with E-state index in [2.05, 4.69) is 15.9 Å². The fraction of sp³-hybridized carbons (Fsp3) is 0.533. The van der Waals surface area contributed by atoms with Crippen molar-refractivity contribution >= 4 is 21.8 Å². The lowest BCUT2D eigenvalue weighted by Gasteiger charge is -2.35. The van der Waals surface area contributed by atoms with Gasteiger partial charge in [-0.2, -0.15) is 0 Å². The van der Waals surface area contributed by atoms with E-state index < -0.39 is 5.82 Å². The molecule has 1 fully saturated rings. The minimum atomic E-state index is -0.432. The molecule has 19 heavy (non-hydrogen) atoms. The van der Waals surface area contributed by atoms with Gasteiger partial charge in [-0.05, 0) is 37.5 Å². The van der Waals surface area contributed by atoms with Crippen molar-refractivity contribution in [1.82, 2.24) is 4.90 Å². The summed E-state index contributed by atoms with van der Waals surface area (Å²) in [6.07, 6.45) is 4.36. The van der Waals surface area contributed by atoms with Crippen LogP contribution in [0.3, 0.4) is 0 Å². The monoisotopic (exact) mass is 327 g/mol. The van der Waals surface area contributed by atoms with Crippen LogP contribution in [0.5, 0.6) is 0 Å². The number of carbonyl (C=O) groups excluding carboxylic acids is 1. The maximum absolute atomic E-state index is 13.9. The summed E-state index contributed by atoms with van der Waals surface area (Å²) in [5.41, 5.74) is 0.992. The highest BCUT2D eigenvalue weighted by Gasteiger charge is 2.30. The average Bonchev–Trinajstić information content (AvgIpc) is 2.38. The number of halogens is 2. The van der Waals surface area contributed by atoms with Crippen molar-refractivity contribution < 1.29 is 9.18 Å². The van der Waals surface area contributed by atoms with Gasteiger partial charge in [-0.15, -0.1) is 0 Å². The van der Waals surface area contributed by atoms with Crippen molar-refractivity contribution in [2.24, 2.45) is 0 Å². The number of alkyl halides is 1. The topological polar surface area (TPSA) is 20.3 Å². The average molecular weight is 328 g/mol. The molecule has 1 saturated carbocycles. The zero-order valence-corrected chi connectivity index (χ0v) is 12.9. The van der Waals surface area contributed by atoms with Crippen LogP contribution in [0.15, 0.2) is 18.2 Å². The van der Waals surface area contributed by atoms with E-state index in [0.717, 1.165) is 24.8 Å². The molecule has 1 amide bonds. The van der Waals surface area contributed by atoms with E-state index in [0.29, 0.717) is 4.83 Å². The maximum atomic E-state index is 13.9. The predicted molar refractivity (Wildman–Crippen MR) is 78.2 cm³/mol. The Balaban J connectivity index is 2.18. The number of hydrogen-bond acceptors (Lipinski definition) is 1. The van der Waals surface area contributed by atoms with Gasteiger partial charge in [-0.1, -0.05) is 34.8 Å². The molecule has 0 radical (unpaired) electrons. The van der Waals surface area contributed by atoms with Gasteiger partial charge in [0.05, 0.1) is 5.56 Å². The zero-order valence-electron chi connectivity index (χ0n) is 11.3. The Morgan fingerprint density at radius 1 is 1.37 bits per heavy atom. The molecule has 2 rings (SSSR count). The van der Waals surface area contributed by atoms with E-state index in [-0.39, 0.29) is 17.5 Å². The van der Waals surface area contributed by atoms with Gasteiger partial charge in [0.15, 0.2) is 0 Å². The van der Waals surface area contributed by atoms with E-state index in [1.165, 1.54) is 12.5 Å². The lowest BCUT2D eigenvalue weighted by molar-refractivity contribution is 0.0700. The fourth-order valence-corrected chi connectivity index (χ4v) is 3.58. The summed E-state index contributed by atoms with van der Waals surface area (Å²) in [7, 11) is 1.77. The normalized spacial score (nSPS) is 23.2. The van der Waals surface area contributed by atoms with Crippen LogP contribution in [0.1, 0.15) is 41.6 Å². The first-order chi connectivity index (χ1) is 9.00. The predicted octanol–water partition coefficient (Wildman–Crippen LogP) is 3.91. The van der Waals surface area contributed by atoms with Gasteiger partial charge in [-0.3, -0.25) is 4.79 Å². The highest BCUT2D eigenvalue weighted by Crippen LogP contribution is 2.29. The standard InChI is InChI=1S/C15H19BrFNO/c1-10-7-8-11(13(17)9-10)15(19)18(2)14-6-4-3-5-12(14)16/h7-9,12,14H,3-6H2,1-2H3. The third kappa shape index (κ3) is 3.16. The Hall–Kier alpha value is -0.900. The summed E-state index contributed by atoms with van der Waals surface area (Å²) in [4.78, 5) is 14.4. The minimum Gasteiger partial charge on any atom is -0.338 e. The van der Waals surface area contributed by atoms with Crippen molar-refractivity contribution in [3.05, 3.63) is 35.1 Å². The van der Waals surface area contributed by atoms with E-state index in [1.54, 1.807) is 24.1 Å². The minimum absolute atomic E-state index is 0.155. The summed E-state index contributed by atoms with van der Waals surface area (Å²) in [5.74, 6) is -0.660. The van der Waals surface area contributed by atoms with Crippen LogP contribution in [-0.4, -0.2) is 28.7 Å². The molecule has 0 heterocycles. The number of rotatable bonds is 2. The van der Waals surface area contributed by atoms with Crippen molar-refractivity contribution in [1.29, 1.82) is 0 Å². The number of hydrogen-bond donors (Lipinski definition) is 0. The molecular weight excluding hydrogens is 309 g/mol. The van der Waals surface area contributed by atoms with Gasteiger partial charge in [0.25, 0.3) is 5.91 Å². The summed E-state index contributed by atoms with van der Waals surface area (Å²) in [5, 5.41) is 0. The second-order valence-corrected chi connectivity index (χ2v) is 6.44. The van der Waals surface area contributed by atoms with Crippen LogP contribution >= 0.6 is 15.9 Å². The van der Waals surface area contributed by atoms with Crippen LogP contribution in [0, 0.1) is 12.7 Å². The van der Waals surface area contributed by atoms with Gasteiger partial charge >= 0.3 is 0 Å². The molecule has 0 bridgehead atoms. The Morgan fingerprint density at radius 3 is 2.68 bits per heavy atom. The molecule has 2 atom stereocenters. The molecule has 1 aromatic carbocycles. The summed E-state index contributed by atoms with van der Waals surface area (Å²) >= 11 is 3.64. The summed E-state index contributed by atoms with van der Waals surface area (Å²) in [6.45, 7) is 1.82. The number of nitrogens with zero attached hydrogens (tertiary/aromatic N) is 1. The lowest BCUT2D eigenvalue weighted by Crippen LogP contribution is -2.44. The van der Waals surface area contributed by atoms with Crippen LogP contribution in [-0.2, 0) is 0 Å². The van der Waals surface area contributed by atoms with E-state index in [1.807, 2.05) is 6.92 Å². The smallest absolute Gasteiger partial charge is 0.256 e. The van der Waals surface area contributed by atoms with Crippen LogP contribution in [0.25, 0.3) is 0 Å². The van der Waals surface area contributed by atoms with Gasteiger partial charge in [0, 0.05) is 17.9 Å². The van der Waals surface area contributed by atoms with Gasteiger partial charge in [0.2, 0.25) is 0 Å². The molecule has 0 saturated heterocycles. The maximum Gasteiger partial charge on any atom is 0.256 e. The first-order valence-corrected chi connectivity index (χ1v) is 7.59. The van der Waals surface area contributed by atoms with Crippen LogP contribution in [0.4, 0.5) is 4.39 Å². The third-order valence-corrected chi connectivity index (χ3v) is 4.89. The van der Waals surface area contributed by atoms with Crippen LogP contribution < -0.4 is 0 Å². The third-order valence-electron chi connectivity index (χ3n) is 3.82. The highest BCUT2D eigenvalue weighted by atomic mass is 79.9. The fourth-order valence-electron chi connectivity index (χ4n) is 2.64. The molecule has 0 N–H and O–H groups in total. The molecule has 1 aliphatic carbocycles. The lowest BCUT2D eigenvalue weighted by atomic mass is 9.94. The molecule has 104 valence electrons. The largest absolute Gasteiger partial charge is 0.338 e. The number of benzene rings is 1. The van der Waals surface area contributed by atoms with E-state index >= 15 is 0 Å². The van der Waals surface area contributed by atoms with E-state index in [9.17, 15) is 9.18 Å². The van der Waals surface area contributed by atoms with Gasteiger partial charge < -0.3 is 4.90 Å². The van der Waals surface area contributed by atoms with Crippen molar-refractivity contribution in [3.63, 3.8) is 0 Å². The molecule has 1 aliphatic rings. The number of amides is 1. The Bertz CT molecular complexity index is 477. The first kappa shape index (κ1) is 14.5. The van der Waals surface area contributed by atoms with Crippen molar-refractivity contribution in [2.45, 2.75) is 43.5 Å². The van der Waals surface area contributed by atoms with Crippen LogP contribution in [0.2, 0.25) is 0 Å². The second kappa shape index (κ2) is 6.04. The molecule has 0 aromatic heterocycles.